The lowest BCUT2D eigenvalue weighted by molar-refractivity contribution is -0.137. The largest absolute Gasteiger partial charge is 0.481 e. The van der Waals surface area contributed by atoms with Crippen molar-refractivity contribution in [3.05, 3.63) is 22.4 Å². The first-order valence-electron chi connectivity index (χ1n) is 6.43. The number of carboxylic acids is 1. The molecule has 0 saturated carbocycles. The third kappa shape index (κ3) is 6.77. The normalized spacial score (nSPS) is 11.7. The first-order valence-corrected chi connectivity index (χ1v) is 7.37. The minimum Gasteiger partial charge on any atom is -0.481 e. The van der Waals surface area contributed by atoms with Crippen molar-refractivity contribution in [1.82, 2.24) is 5.32 Å². The van der Waals surface area contributed by atoms with Crippen LogP contribution in [0.1, 0.15) is 38.7 Å². The molecule has 18 heavy (non-hydrogen) atoms. The third-order valence-electron chi connectivity index (χ3n) is 3.16. The first kappa shape index (κ1) is 15.2. The maximum absolute atomic E-state index is 10.5. The van der Waals surface area contributed by atoms with Gasteiger partial charge in [0.05, 0.1) is 0 Å². The summed E-state index contributed by atoms with van der Waals surface area (Å²) in [7, 11) is 0. The van der Waals surface area contributed by atoms with Gasteiger partial charge in [0.1, 0.15) is 0 Å². The second kappa shape index (κ2) is 7.54. The van der Waals surface area contributed by atoms with Crippen molar-refractivity contribution in [2.75, 3.05) is 13.1 Å². The van der Waals surface area contributed by atoms with E-state index in [0.717, 1.165) is 32.4 Å². The Morgan fingerprint density at radius 3 is 2.78 bits per heavy atom. The summed E-state index contributed by atoms with van der Waals surface area (Å²) < 4.78 is 0. The minimum atomic E-state index is -0.700. The molecule has 0 spiro atoms. The minimum absolute atomic E-state index is 0.105. The van der Waals surface area contributed by atoms with Gasteiger partial charge < -0.3 is 10.4 Å². The lowest BCUT2D eigenvalue weighted by Gasteiger charge is -2.23. The van der Waals surface area contributed by atoms with E-state index in [9.17, 15) is 4.79 Å². The van der Waals surface area contributed by atoms with Crippen LogP contribution in [0.25, 0.3) is 0 Å². The van der Waals surface area contributed by atoms with Crippen LogP contribution in [-0.4, -0.2) is 24.2 Å². The van der Waals surface area contributed by atoms with Crippen molar-refractivity contribution >= 4 is 17.3 Å². The Kier molecular flexibility index (Phi) is 6.36. The summed E-state index contributed by atoms with van der Waals surface area (Å²) in [6.45, 7) is 6.22. The summed E-state index contributed by atoms with van der Waals surface area (Å²) in [4.78, 5) is 10.5. The molecular weight excluding hydrogens is 246 g/mol. The molecule has 0 aliphatic heterocycles. The molecule has 4 heteroatoms. The van der Waals surface area contributed by atoms with E-state index in [1.54, 1.807) is 11.3 Å². The summed E-state index contributed by atoms with van der Waals surface area (Å²) in [5.74, 6) is -0.700. The predicted molar refractivity (Wildman–Crippen MR) is 76.2 cm³/mol. The molecular formula is C14H23NO2S. The van der Waals surface area contributed by atoms with Gasteiger partial charge in [-0.2, -0.15) is 11.3 Å². The van der Waals surface area contributed by atoms with Gasteiger partial charge in [0, 0.05) is 6.42 Å². The van der Waals surface area contributed by atoms with Crippen LogP contribution in [0.15, 0.2) is 16.8 Å². The number of carbonyl (C=O) groups is 1. The second-order valence-electron chi connectivity index (χ2n) is 5.44. The highest BCUT2D eigenvalue weighted by Crippen LogP contribution is 2.25. The van der Waals surface area contributed by atoms with Gasteiger partial charge >= 0.3 is 5.97 Å². The molecule has 1 rings (SSSR count). The van der Waals surface area contributed by atoms with Crippen molar-refractivity contribution in [1.29, 1.82) is 0 Å². The third-order valence-corrected chi connectivity index (χ3v) is 3.90. The molecule has 0 amide bonds. The van der Waals surface area contributed by atoms with Crippen molar-refractivity contribution in [2.45, 2.75) is 39.5 Å². The molecule has 102 valence electrons. The van der Waals surface area contributed by atoms with E-state index in [1.807, 2.05) is 0 Å². The summed E-state index contributed by atoms with van der Waals surface area (Å²) in [6.07, 6.45) is 3.10. The molecule has 1 aromatic rings. The number of hydrogen-bond donors (Lipinski definition) is 2. The van der Waals surface area contributed by atoms with Gasteiger partial charge in [0.2, 0.25) is 0 Å². The van der Waals surface area contributed by atoms with Crippen LogP contribution in [0, 0.1) is 5.41 Å². The van der Waals surface area contributed by atoms with E-state index in [1.165, 1.54) is 5.56 Å². The van der Waals surface area contributed by atoms with E-state index in [-0.39, 0.29) is 11.8 Å². The van der Waals surface area contributed by atoms with E-state index >= 15 is 0 Å². The fourth-order valence-corrected chi connectivity index (χ4v) is 2.49. The predicted octanol–water partition coefficient (Wildman–Crippen LogP) is 3.16. The number of aliphatic carboxylic acids is 1. The Morgan fingerprint density at radius 2 is 2.17 bits per heavy atom. The molecule has 0 unspecified atom stereocenters. The molecule has 3 nitrogen and oxygen atoms in total. The standard InChI is InChI=1S/C14H23NO2S/c1-14(2,6-3-13(16)17)7-9-15-8-4-12-5-10-18-11-12/h5,10-11,15H,3-4,6-9H2,1-2H3,(H,16,17). The molecule has 0 saturated heterocycles. The van der Waals surface area contributed by atoms with Gasteiger partial charge in [-0.05, 0) is 60.2 Å². The summed E-state index contributed by atoms with van der Waals surface area (Å²) in [6, 6.07) is 2.16. The lowest BCUT2D eigenvalue weighted by Crippen LogP contribution is -2.24. The SMILES string of the molecule is CC(C)(CCNCCc1ccsc1)CCC(=O)O. The molecule has 0 fully saturated rings. The Bertz CT molecular complexity index is 347. The van der Waals surface area contributed by atoms with Crippen LogP contribution in [-0.2, 0) is 11.2 Å². The van der Waals surface area contributed by atoms with E-state index in [2.05, 4.69) is 36.0 Å². The maximum atomic E-state index is 10.5. The molecule has 1 heterocycles. The number of hydrogen-bond acceptors (Lipinski definition) is 3. The van der Waals surface area contributed by atoms with E-state index in [0.29, 0.717) is 0 Å². The van der Waals surface area contributed by atoms with Crippen molar-refractivity contribution in [3.63, 3.8) is 0 Å². The zero-order valence-corrected chi connectivity index (χ0v) is 12.1. The molecule has 0 aliphatic rings. The Morgan fingerprint density at radius 1 is 1.39 bits per heavy atom. The Balaban J connectivity index is 2.07. The number of thiophene rings is 1. The highest BCUT2D eigenvalue weighted by Gasteiger charge is 2.18. The average molecular weight is 269 g/mol. The highest BCUT2D eigenvalue weighted by atomic mass is 32.1. The van der Waals surface area contributed by atoms with E-state index in [4.69, 9.17) is 5.11 Å². The molecule has 1 aromatic heterocycles. The van der Waals surface area contributed by atoms with Gasteiger partial charge in [0.15, 0.2) is 0 Å². The average Bonchev–Trinajstić information content (AvgIpc) is 2.79. The Labute approximate surface area is 113 Å². The first-order chi connectivity index (χ1) is 8.49. The summed E-state index contributed by atoms with van der Waals surface area (Å²) in [5, 5.41) is 16.4. The number of carboxylic acid groups (broad SMARTS) is 1. The maximum Gasteiger partial charge on any atom is 0.303 e. The number of nitrogens with one attached hydrogen (secondary N) is 1. The fraction of sp³-hybridized carbons (Fsp3) is 0.643. The van der Waals surface area contributed by atoms with Crippen LogP contribution in [0.4, 0.5) is 0 Å². The Hall–Kier alpha value is -0.870. The summed E-state index contributed by atoms with van der Waals surface area (Å²) >= 11 is 1.73. The topological polar surface area (TPSA) is 49.3 Å². The van der Waals surface area contributed by atoms with Crippen LogP contribution in [0.3, 0.4) is 0 Å². The van der Waals surface area contributed by atoms with E-state index < -0.39 is 5.97 Å². The monoisotopic (exact) mass is 269 g/mol. The zero-order valence-electron chi connectivity index (χ0n) is 11.2. The molecule has 2 N–H and O–H groups in total. The smallest absolute Gasteiger partial charge is 0.303 e. The van der Waals surface area contributed by atoms with Gasteiger partial charge in [-0.15, -0.1) is 0 Å². The fourth-order valence-electron chi connectivity index (χ4n) is 1.79. The molecule has 0 aromatic carbocycles. The van der Waals surface area contributed by atoms with Gasteiger partial charge in [-0.3, -0.25) is 4.79 Å². The van der Waals surface area contributed by atoms with Gasteiger partial charge in [0.25, 0.3) is 0 Å². The van der Waals surface area contributed by atoms with Crippen LogP contribution in [0.2, 0.25) is 0 Å². The van der Waals surface area contributed by atoms with Crippen molar-refractivity contribution in [3.8, 4) is 0 Å². The highest BCUT2D eigenvalue weighted by molar-refractivity contribution is 7.07. The van der Waals surface area contributed by atoms with Crippen molar-refractivity contribution in [2.24, 2.45) is 5.41 Å². The van der Waals surface area contributed by atoms with Crippen LogP contribution >= 0.6 is 11.3 Å². The van der Waals surface area contributed by atoms with Crippen molar-refractivity contribution < 1.29 is 9.90 Å². The lowest BCUT2D eigenvalue weighted by atomic mass is 9.84. The van der Waals surface area contributed by atoms with Crippen LogP contribution < -0.4 is 5.32 Å². The second-order valence-corrected chi connectivity index (χ2v) is 6.22. The number of rotatable bonds is 9. The van der Waals surface area contributed by atoms with Crippen LogP contribution in [0.5, 0.6) is 0 Å². The van der Waals surface area contributed by atoms with Gasteiger partial charge in [-0.1, -0.05) is 13.8 Å². The quantitative estimate of drug-likeness (QED) is 0.677. The molecule has 0 aliphatic carbocycles. The zero-order chi connectivity index (χ0) is 13.4. The van der Waals surface area contributed by atoms with Gasteiger partial charge in [-0.25, -0.2) is 0 Å². The molecule has 0 bridgehead atoms. The molecule has 0 radical (unpaired) electrons. The summed E-state index contributed by atoms with van der Waals surface area (Å²) in [5.41, 5.74) is 1.49. The molecule has 0 atom stereocenters.